The third-order valence-corrected chi connectivity index (χ3v) is 3.57. The standard InChI is InChI=1S/C17H20N2OS/c1-2-14-8-10-15(11-9-14)18-17(21)19(12-13-20)16-6-4-3-5-7-16/h3-11,20H,2,12-13H2,1H3,(H,18,21). The summed E-state index contributed by atoms with van der Waals surface area (Å²) in [5, 5.41) is 13.1. The van der Waals surface area contributed by atoms with E-state index >= 15 is 0 Å². The summed E-state index contributed by atoms with van der Waals surface area (Å²) in [5.41, 5.74) is 3.21. The number of para-hydroxylation sites is 1. The molecule has 0 aliphatic carbocycles. The predicted octanol–water partition coefficient (Wildman–Crippen LogP) is 3.44. The summed E-state index contributed by atoms with van der Waals surface area (Å²) in [7, 11) is 0. The van der Waals surface area contributed by atoms with E-state index in [0.29, 0.717) is 11.7 Å². The zero-order valence-corrected chi connectivity index (χ0v) is 12.9. The molecule has 3 nitrogen and oxygen atoms in total. The molecule has 0 atom stereocenters. The van der Waals surface area contributed by atoms with Crippen LogP contribution in [0.15, 0.2) is 54.6 Å². The molecule has 2 N–H and O–H groups in total. The number of rotatable bonds is 5. The van der Waals surface area contributed by atoms with Gasteiger partial charge in [0.25, 0.3) is 0 Å². The van der Waals surface area contributed by atoms with Gasteiger partial charge in [-0.25, -0.2) is 0 Å². The van der Waals surface area contributed by atoms with Crippen LogP contribution in [0.25, 0.3) is 0 Å². The van der Waals surface area contributed by atoms with Crippen LogP contribution in [0.3, 0.4) is 0 Å². The Balaban J connectivity index is 2.11. The molecule has 0 bridgehead atoms. The van der Waals surface area contributed by atoms with Crippen LogP contribution in [-0.2, 0) is 6.42 Å². The minimum absolute atomic E-state index is 0.0471. The lowest BCUT2D eigenvalue weighted by molar-refractivity contribution is 0.306. The molecule has 0 saturated carbocycles. The fraction of sp³-hybridized carbons (Fsp3) is 0.235. The van der Waals surface area contributed by atoms with E-state index in [2.05, 4.69) is 24.4 Å². The van der Waals surface area contributed by atoms with Crippen molar-refractivity contribution in [2.75, 3.05) is 23.4 Å². The van der Waals surface area contributed by atoms with Crippen molar-refractivity contribution in [2.24, 2.45) is 0 Å². The molecular formula is C17H20N2OS. The summed E-state index contributed by atoms with van der Waals surface area (Å²) in [6, 6.07) is 18.0. The van der Waals surface area contributed by atoms with Gasteiger partial charge in [-0.2, -0.15) is 0 Å². The van der Waals surface area contributed by atoms with Gasteiger partial charge in [0.15, 0.2) is 5.11 Å². The molecule has 110 valence electrons. The minimum atomic E-state index is 0.0471. The van der Waals surface area contributed by atoms with Gasteiger partial charge in [0.2, 0.25) is 0 Å². The Morgan fingerprint density at radius 3 is 2.33 bits per heavy atom. The van der Waals surface area contributed by atoms with Gasteiger partial charge in [-0.1, -0.05) is 37.3 Å². The first-order chi connectivity index (χ1) is 10.2. The first-order valence-corrected chi connectivity index (χ1v) is 7.48. The zero-order chi connectivity index (χ0) is 15.1. The van der Waals surface area contributed by atoms with E-state index in [9.17, 15) is 5.11 Å². The number of hydrogen-bond donors (Lipinski definition) is 2. The molecule has 0 saturated heterocycles. The Morgan fingerprint density at radius 2 is 1.76 bits per heavy atom. The molecule has 0 unspecified atom stereocenters. The van der Waals surface area contributed by atoms with Crippen LogP contribution in [-0.4, -0.2) is 23.4 Å². The highest BCUT2D eigenvalue weighted by molar-refractivity contribution is 7.80. The van der Waals surface area contributed by atoms with E-state index in [1.165, 1.54) is 5.56 Å². The van der Waals surface area contributed by atoms with Crippen molar-refractivity contribution < 1.29 is 5.11 Å². The van der Waals surface area contributed by atoms with E-state index in [0.717, 1.165) is 17.8 Å². The monoisotopic (exact) mass is 300 g/mol. The number of nitrogens with zero attached hydrogens (tertiary/aromatic N) is 1. The first-order valence-electron chi connectivity index (χ1n) is 7.08. The summed E-state index contributed by atoms with van der Waals surface area (Å²) in [5.74, 6) is 0. The highest BCUT2D eigenvalue weighted by Crippen LogP contribution is 2.16. The zero-order valence-electron chi connectivity index (χ0n) is 12.1. The number of aryl methyl sites for hydroxylation is 1. The third-order valence-electron chi connectivity index (χ3n) is 3.25. The Hall–Kier alpha value is -1.91. The summed E-state index contributed by atoms with van der Waals surface area (Å²) < 4.78 is 0. The maximum Gasteiger partial charge on any atom is 0.178 e. The quantitative estimate of drug-likeness (QED) is 0.829. The van der Waals surface area contributed by atoms with Crippen LogP contribution in [0.5, 0.6) is 0 Å². The summed E-state index contributed by atoms with van der Waals surface area (Å²) in [6.07, 6.45) is 1.02. The number of hydrogen-bond acceptors (Lipinski definition) is 2. The number of aliphatic hydroxyl groups is 1. The van der Waals surface area contributed by atoms with Crippen molar-refractivity contribution in [2.45, 2.75) is 13.3 Å². The fourth-order valence-corrected chi connectivity index (χ4v) is 2.39. The average molecular weight is 300 g/mol. The van der Waals surface area contributed by atoms with Crippen LogP contribution in [0.4, 0.5) is 11.4 Å². The lowest BCUT2D eigenvalue weighted by Crippen LogP contribution is -2.36. The van der Waals surface area contributed by atoms with Gasteiger partial charge in [0.05, 0.1) is 6.61 Å². The molecule has 0 aliphatic rings. The van der Waals surface area contributed by atoms with Crippen LogP contribution in [0.2, 0.25) is 0 Å². The lowest BCUT2D eigenvalue weighted by Gasteiger charge is -2.25. The van der Waals surface area contributed by atoms with Gasteiger partial charge < -0.3 is 15.3 Å². The topological polar surface area (TPSA) is 35.5 Å². The van der Waals surface area contributed by atoms with Crippen LogP contribution >= 0.6 is 12.2 Å². The molecule has 0 aliphatic heterocycles. The Bertz CT molecular complexity index is 569. The third kappa shape index (κ3) is 4.28. The van der Waals surface area contributed by atoms with Gasteiger partial charge in [-0.05, 0) is 48.5 Å². The summed E-state index contributed by atoms with van der Waals surface area (Å²) in [6.45, 7) is 2.64. The number of thiocarbonyl (C=S) groups is 1. The molecular weight excluding hydrogens is 280 g/mol. The highest BCUT2D eigenvalue weighted by atomic mass is 32.1. The molecule has 2 aromatic carbocycles. The van der Waals surface area contributed by atoms with Crippen LogP contribution in [0, 0.1) is 0 Å². The van der Waals surface area contributed by atoms with Gasteiger partial charge in [0.1, 0.15) is 0 Å². The van der Waals surface area contributed by atoms with Crippen molar-refractivity contribution in [3.8, 4) is 0 Å². The minimum Gasteiger partial charge on any atom is -0.395 e. The van der Waals surface area contributed by atoms with Crippen molar-refractivity contribution >= 4 is 28.7 Å². The summed E-state index contributed by atoms with van der Waals surface area (Å²) >= 11 is 5.47. The molecule has 2 aromatic rings. The van der Waals surface area contributed by atoms with Gasteiger partial charge in [-0.3, -0.25) is 0 Å². The normalized spacial score (nSPS) is 10.2. The van der Waals surface area contributed by atoms with E-state index in [1.54, 1.807) is 0 Å². The Kier molecular flexibility index (Phi) is 5.72. The first kappa shape index (κ1) is 15.5. The van der Waals surface area contributed by atoms with E-state index in [1.807, 2.05) is 47.4 Å². The number of nitrogens with one attached hydrogen (secondary N) is 1. The van der Waals surface area contributed by atoms with E-state index in [-0.39, 0.29) is 6.61 Å². The largest absolute Gasteiger partial charge is 0.395 e. The maximum absolute atomic E-state index is 9.25. The SMILES string of the molecule is CCc1ccc(NC(=S)N(CCO)c2ccccc2)cc1. The summed E-state index contributed by atoms with van der Waals surface area (Å²) in [4.78, 5) is 1.89. The second-order valence-corrected chi connectivity index (χ2v) is 5.08. The number of anilines is 2. The fourth-order valence-electron chi connectivity index (χ4n) is 2.07. The Labute approximate surface area is 131 Å². The molecule has 0 aromatic heterocycles. The molecule has 0 amide bonds. The molecule has 2 rings (SSSR count). The van der Waals surface area contributed by atoms with Crippen LogP contribution in [0.1, 0.15) is 12.5 Å². The molecule has 21 heavy (non-hydrogen) atoms. The molecule has 0 fully saturated rings. The Morgan fingerprint density at radius 1 is 1.10 bits per heavy atom. The molecule has 0 radical (unpaired) electrons. The maximum atomic E-state index is 9.25. The molecule has 0 spiro atoms. The number of aliphatic hydroxyl groups excluding tert-OH is 1. The van der Waals surface area contributed by atoms with Crippen molar-refractivity contribution in [3.05, 3.63) is 60.2 Å². The molecule has 0 heterocycles. The van der Waals surface area contributed by atoms with Gasteiger partial charge >= 0.3 is 0 Å². The second-order valence-electron chi connectivity index (χ2n) is 4.69. The smallest absolute Gasteiger partial charge is 0.178 e. The average Bonchev–Trinajstić information content (AvgIpc) is 2.54. The van der Waals surface area contributed by atoms with E-state index in [4.69, 9.17) is 12.2 Å². The van der Waals surface area contributed by atoms with Crippen molar-refractivity contribution in [3.63, 3.8) is 0 Å². The second kappa shape index (κ2) is 7.76. The van der Waals surface area contributed by atoms with Crippen LogP contribution < -0.4 is 10.2 Å². The van der Waals surface area contributed by atoms with Gasteiger partial charge in [-0.15, -0.1) is 0 Å². The molecule has 4 heteroatoms. The predicted molar refractivity (Wildman–Crippen MR) is 92.9 cm³/mol. The highest BCUT2D eigenvalue weighted by Gasteiger charge is 2.11. The lowest BCUT2D eigenvalue weighted by atomic mass is 10.1. The number of benzene rings is 2. The van der Waals surface area contributed by atoms with Crippen molar-refractivity contribution in [1.29, 1.82) is 0 Å². The van der Waals surface area contributed by atoms with Gasteiger partial charge in [0, 0.05) is 17.9 Å². The van der Waals surface area contributed by atoms with E-state index < -0.39 is 0 Å². The van der Waals surface area contributed by atoms with Crippen molar-refractivity contribution in [1.82, 2.24) is 0 Å².